The fraction of sp³-hybridized carbons (Fsp3) is 0.500. The van der Waals surface area contributed by atoms with E-state index in [9.17, 15) is 25.2 Å². The molecule has 0 spiro atoms. The first kappa shape index (κ1) is 18.5. The molecule has 1 aromatic carbocycles. The zero-order chi connectivity index (χ0) is 18.7. The van der Waals surface area contributed by atoms with Crippen LogP contribution in [-0.4, -0.2) is 91.0 Å². The van der Waals surface area contributed by atoms with Crippen molar-refractivity contribution in [1.82, 2.24) is 20.1 Å². The number of aliphatic hydroxyl groups excluding tert-OH is 4. The minimum absolute atomic E-state index is 0.221. The molecule has 0 radical (unpaired) electrons. The van der Waals surface area contributed by atoms with E-state index in [4.69, 9.17) is 4.74 Å². The highest BCUT2D eigenvalue weighted by Gasteiger charge is 2.38. The number of fused-ring (bicyclic) bond motifs is 1. The lowest BCUT2D eigenvalue weighted by atomic mass is 10.0. The number of carbonyl (C=O) groups is 1. The third-order valence-corrected chi connectivity index (χ3v) is 4.21. The summed E-state index contributed by atoms with van der Waals surface area (Å²) in [7, 11) is 0. The molecule has 140 valence electrons. The fourth-order valence-corrected chi connectivity index (χ4v) is 2.66. The lowest BCUT2D eigenvalue weighted by Gasteiger charge is -2.31. The monoisotopic (exact) mass is 364 g/mol. The Morgan fingerprint density at radius 1 is 1.00 bits per heavy atom. The van der Waals surface area contributed by atoms with Gasteiger partial charge in [-0.15, -0.1) is 10.2 Å². The molecule has 10 nitrogen and oxygen atoms in total. The van der Waals surface area contributed by atoms with E-state index in [2.05, 4.69) is 15.2 Å². The molecule has 2 heterocycles. The molecule has 1 aromatic heterocycles. The Bertz CT molecular complexity index is 769. The molecular weight excluding hydrogens is 344 g/mol. The van der Waals surface area contributed by atoms with Gasteiger partial charge in [0.2, 0.25) is 0 Å². The number of para-hydroxylation sites is 1. The average molecular weight is 364 g/mol. The number of aromatic nitrogens is 3. The van der Waals surface area contributed by atoms with Crippen molar-refractivity contribution >= 4 is 16.9 Å². The zero-order valence-electron chi connectivity index (χ0n) is 13.8. The number of aliphatic hydroxyl groups is 4. The third-order valence-electron chi connectivity index (χ3n) is 4.21. The Balaban J connectivity index is 1.71. The van der Waals surface area contributed by atoms with E-state index in [-0.39, 0.29) is 18.9 Å². The van der Waals surface area contributed by atoms with Crippen LogP contribution in [-0.2, 0) is 9.53 Å². The highest BCUT2D eigenvalue weighted by Crippen LogP contribution is 2.19. The number of amides is 1. The van der Waals surface area contributed by atoms with Gasteiger partial charge < -0.3 is 30.1 Å². The van der Waals surface area contributed by atoms with Crippen molar-refractivity contribution in [2.45, 2.75) is 24.4 Å². The minimum Gasteiger partial charge on any atom is -0.387 e. The van der Waals surface area contributed by atoms with Crippen LogP contribution in [0, 0.1) is 0 Å². The largest absolute Gasteiger partial charge is 0.387 e. The Kier molecular flexibility index (Phi) is 5.69. The van der Waals surface area contributed by atoms with E-state index < -0.39 is 30.3 Å². The molecule has 3 rings (SSSR count). The molecule has 1 fully saturated rings. The van der Waals surface area contributed by atoms with E-state index in [0.29, 0.717) is 24.2 Å². The number of hydrogen-bond acceptors (Lipinski definition) is 9. The molecule has 4 N–H and O–H groups in total. The van der Waals surface area contributed by atoms with E-state index in [0.717, 1.165) is 0 Å². The van der Waals surface area contributed by atoms with E-state index in [1.165, 1.54) is 4.90 Å². The number of ether oxygens (including phenoxy) is 1. The van der Waals surface area contributed by atoms with Crippen LogP contribution in [0.4, 0.5) is 0 Å². The molecule has 0 bridgehead atoms. The smallest absolute Gasteiger partial charge is 0.254 e. The molecule has 4 unspecified atom stereocenters. The highest BCUT2D eigenvalue weighted by atomic mass is 16.5. The van der Waals surface area contributed by atoms with E-state index in [1.54, 1.807) is 24.3 Å². The molecule has 10 heteroatoms. The van der Waals surface area contributed by atoms with Gasteiger partial charge in [0.15, 0.2) is 11.9 Å². The summed E-state index contributed by atoms with van der Waals surface area (Å²) in [5.41, 5.74) is 0.948. The first-order valence-electron chi connectivity index (χ1n) is 8.17. The Labute approximate surface area is 148 Å². The number of carbonyl (C=O) groups excluding carboxylic acids is 1. The summed E-state index contributed by atoms with van der Waals surface area (Å²) in [6.07, 6.45) is -7.42. The number of morpholine rings is 1. The molecule has 0 aliphatic carbocycles. The minimum atomic E-state index is -1.92. The van der Waals surface area contributed by atoms with Crippen molar-refractivity contribution in [2.24, 2.45) is 0 Å². The van der Waals surface area contributed by atoms with Crippen molar-refractivity contribution in [2.75, 3.05) is 26.3 Å². The molecule has 1 aliphatic heterocycles. The predicted octanol–water partition coefficient (Wildman–Crippen LogP) is -2.00. The fourth-order valence-electron chi connectivity index (χ4n) is 2.66. The summed E-state index contributed by atoms with van der Waals surface area (Å²) in [4.78, 5) is 17.6. The normalized spacial score (nSPS) is 19.8. The molecular formula is C16H20N4O6. The van der Waals surface area contributed by atoms with Crippen LogP contribution in [0.15, 0.2) is 24.3 Å². The number of rotatable bonds is 5. The topological polar surface area (TPSA) is 149 Å². The van der Waals surface area contributed by atoms with Gasteiger partial charge in [-0.3, -0.25) is 4.79 Å². The van der Waals surface area contributed by atoms with Gasteiger partial charge >= 0.3 is 0 Å². The van der Waals surface area contributed by atoms with Crippen molar-refractivity contribution in [1.29, 1.82) is 0 Å². The number of nitrogens with zero attached hydrogens (tertiary/aromatic N) is 4. The molecule has 4 atom stereocenters. The van der Waals surface area contributed by atoms with Crippen LogP contribution in [0.5, 0.6) is 0 Å². The molecule has 2 aromatic rings. The second-order valence-electron chi connectivity index (χ2n) is 5.97. The highest BCUT2D eigenvalue weighted by molar-refractivity contribution is 5.81. The Morgan fingerprint density at radius 2 is 1.65 bits per heavy atom. The lowest BCUT2D eigenvalue weighted by molar-refractivity contribution is -0.160. The molecule has 1 aliphatic rings. The third kappa shape index (κ3) is 3.79. The average Bonchev–Trinajstić information content (AvgIpc) is 2.71. The SMILES string of the molecule is O=C(C(O)C(O)C(O)C(O)c1nnc2ccccc2n1)N1CCOCC1. The summed E-state index contributed by atoms with van der Waals surface area (Å²) in [5, 5.41) is 48.2. The van der Waals surface area contributed by atoms with Gasteiger partial charge in [0.05, 0.1) is 18.7 Å². The van der Waals surface area contributed by atoms with Gasteiger partial charge in [-0.25, -0.2) is 4.98 Å². The first-order chi connectivity index (χ1) is 12.5. The molecule has 1 amide bonds. The van der Waals surface area contributed by atoms with Crippen LogP contribution in [0.1, 0.15) is 11.9 Å². The Morgan fingerprint density at radius 3 is 2.35 bits per heavy atom. The van der Waals surface area contributed by atoms with Gasteiger partial charge in [-0.05, 0) is 12.1 Å². The zero-order valence-corrected chi connectivity index (χ0v) is 13.8. The molecule has 0 saturated carbocycles. The maximum atomic E-state index is 12.2. The van der Waals surface area contributed by atoms with Crippen molar-refractivity contribution < 1.29 is 30.0 Å². The summed E-state index contributed by atoms with van der Waals surface area (Å²) >= 11 is 0. The van der Waals surface area contributed by atoms with Crippen molar-refractivity contribution in [3.63, 3.8) is 0 Å². The van der Waals surface area contributed by atoms with Crippen molar-refractivity contribution in [3.8, 4) is 0 Å². The van der Waals surface area contributed by atoms with Gasteiger partial charge in [0.1, 0.15) is 23.8 Å². The van der Waals surface area contributed by atoms with Gasteiger partial charge in [0.25, 0.3) is 5.91 Å². The standard InChI is InChI=1S/C16H20N4O6/c21-11(12(22)14(24)16(25)20-5-7-26-8-6-20)13(23)15-17-9-3-1-2-4-10(9)18-19-15/h1-4,11-14,21-24H,5-8H2. The van der Waals surface area contributed by atoms with E-state index >= 15 is 0 Å². The van der Waals surface area contributed by atoms with Crippen LogP contribution < -0.4 is 0 Å². The quantitative estimate of drug-likeness (QED) is 0.472. The van der Waals surface area contributed by atoms with Gasteiger partial charge in [0, 0.05) is 13.1 Å². The van der Waals surface area contributed by atoms with Crippen LogP contribution in [0.3, 0.4) is 0 Å². The molecule has 1 saturated heterocycles. The van der Waals surface area contributed by atoms with Crippen molar-refractivity contribution in [3.05, 3.63) is 30.1 Å². The second-order valence-corrected chi connectivity index (χ2v) is 5.97. The summed E-state index contributed by atoms with van der Waals surface area (Å²) in [6.45, 7) is 1.21. The van der Waals surface area contributed by atoms with E-state index in [1.807, 2.05) is 0 Å². The molecule has 26 heavy (non-hydrogen) atoms. The summed E-state index contributed by atoms with van der Waals surface area (Å²) in [6, 6.07) is 6.81. The van der Waals surface area contributed by atoms with Gasteiger partial charge in [-0.1, -0.05) is 12.1 Å². The second kappa shape index (κ2) is 7.98. The number of benzene rings is 1. The van der Waals surface area contributed by atoms with Gasteiger partial charge in [-0.2, -0.15) is 0 Å². The summed E-state index contributed by atoms with van der Waals surface area (Å²) in [5.74, 6) is -0.967. The Hall–Kier alpha value is -2.24. The predicted molar refractivity (Wildman–Crippen MR) is 87.7 cm³/mol. The maximum Gasteiger partial charge on any atom is 0.254 e. The lowest BCUT2D eigenvalue weighted by Crippen LogP contribution is -2.53. The number of hydrogen-bond donors (Lipinski definition) is 4. The van der Waals surface area contributed by atoms with Crippen LogP contribution in [0.2, 0.25) is 0 Å². The maximum absolute atomic E-state index is 12.2. The van der Waals surface area contributed by atoms with Crippen LogP contribution in [0.25, 0.3) is 11.0 Å². The van der Waals surface area contributed by atoms with Crippen LogP contribution >= 0.6 is 0 Å². The summed E-state index contributed by atoms with van der Waals surface area (Å²) < 4.78 is 5.12. The first-order valence-corrected chi connectivity index (χ1v) is 8.17.